The van der Waals surface area contributed by atoms with Crippen molar-refractivity contribution in [3.05, 3.63) is 23.8 Å². The molecule has 0 heterocycles. The molecule has 0 bridgehead atoms. The zero-order chi connectivity index (χ0) is 19.7. The second kappa shape index (κ2) is 5.87. The van der Waals surface area contributed by atoms with Gasteiger partial charge < -0.3 is 10.2 Å². The highest BCUT2D eigenvalue weighted by Gasteiger charge is 2.64. The lowest BCUT2D eigenvalue weighted by atomic mass is 9.46. The number of carboxylic acids is 1. The third-order valence-corrected chi connectivity index (χ3v) is 8.33. The predicted molar refractivity (Wildman–Crippen MR) is 98.7 cm³/mol. The molecule has 0 aromatic rings. The second-order valence-electron chi connectivity index (χ2n) is 9.66. The number of aliphatic hydroxyl groups excluding tert-OH is 1. The molecule has 4 rings (SSSR count). The lowest BCUT2D eigenvalue weighted by molar-refractivity contribution is -0.158. The summed E-state index contributed by atoms with van der Waals surface area (Å²) in [6.45, 7) is 6.11. The van der Waals surface area contributed by atoms with E-state index < -0.39 is 29.2 Å². The van der Waals surface area contributed by atoms with Crippen LogP contribution in [0.2, 0.25) is 0 Å². The maximum absolute atomic E-state index is 12.5. The van der Waals surface area contributed by atoms with Crippen molar-refractivity contribution in [3.8, 4) is 0 Å². The SMILES string of the molecule is CC1C[C@H]2[C@@H]3CCC4=CC(=O)C=C[C@]4(C)[C@H]3C(O)C[C@]2(C)[C@H]1C(=O)C(=O)O. The van der Waals surface area contributed by atoms with E-state index in [1.165, 1.54) is 0 Å². The Kier molecular flexibility index (Phi) is 4.05. The molecule has 2 N–H and O–H groups in total. The van der Waals surface area contributed by atoms with E-state index in [2.05, 4.69) is 6.92 Å². The fourth-order valence-corrected chi connectivity index (χ4v) is 7.38. The molecule has 4 aliphatic rings. The summed E-state index contributed by atoms with van der Waals surface area (Å²) in [5, 5.41) is 20.5. The number of hydrogen-bond donors (Lipinski definition) is 2. The van der Waals surface area contributed by atoms with Crippen molar-refractivity contribution in [2.45, 2.75) is 52.6 Å². The van der Waals surface area contributed by atoms with Crippen LogP contribution in [-0.2, 0) is 14.4 Å². The van der Waals surface area contributed by atoms with Gasteiger partial charge in [0.2, 0.25) is 5.78 Å². The molecule has 2 unspecified atom stereocenters. The van der Waals surface area contributed by atoms with Gasteiger partial charge >= 0.3 is 5.97 Å². The Bertz CT molecular complexity index is 780. The molecule has 0 saturated heterocycles. The lowest BCUT2D eigenvalue weighted by Gasteiger charge is -2.58. The normalized spacial score (nSPS) is 48.3. The van der Waals surface area contributed by atoms with Crippen molar-refractivity contribution >= 4 is 17.5 Å². The number of hydrogen-bond acceptors (Lipinski definition) is 4. The highest BCUT2D eigenvalue weighted by atomic mass is 16.4. The van der Waals surface area contributed by atoms with Gasteiger partial charge in [-0.15, -0.1) is 0 Å². The number of Topliss-reactive ketones (excluding diaryl/α,β-unsaturated/α-hetero) is 1. The van der Waals surface area contributed by atoms with E-state index in [1.54, 1.807) is 12.2 Å². The molecule has 3 fully saturated rings. The Morgan fingerprint density at radius 2 is 1.96 bits per heavy atom. The monoisotopic (exact) mass is 372 g/mol. The van der Waals surface area contributed by atoms with Gasteiger partial charge in [-0.05, 0) is 61.0 Å². The standard InChI is InChI=1S/C22H28O5/c1-11-8-15-14-5-4-12-9-13(23)6-7-21(12,2)18(14)16(24)10-22(15,3)17(11)19(25)20(26)27/h6-7,9,11,14-18,24H,4-5,8,10H2,1-3H3,(H,26,27)/t11?,14-,15-,16?,17+,18+,21-,22-/m0/s1. The number of carboxylic acid groups (broad SMARTS) is 1. The minimum atomic E-state index is -1.36. The Labute approximate surface area is 159 Å². The minimum Gasteiger partial charge on any atom is -0.475 e. The summed E-state index contributed by atoms with van der Waals surface area (Å²) in [6.07, 6.45) is 7.65. The summed E-state index contributed by atoms with van der Waals surface area (Å²) in [6, 6.07) is 0. The van der Waals surface area contributed by atoms with Crippen molar-refractivity contribution in [2.75, 3.05) is 0 Å². The van der Waals surface area contributed by atoms with Crippen LogP contribution in [-0.4, -0.2) is 33.9 Å². The molecule has 5 heteroatoms. The van der Waals surface area contributed by atoms with Crippen LogP contribution in [0.5, 0.6) is 0 Å². The van der Waals surface area contributed by atoms with Gasteiger partial charge in [0.15, 0.2) is 5.78 Å². The summed E-state index contributed by atoms with van der Waals surface area (Å²) < 4.78 is 0. The first-order valence-electron chi connectivity index (χ1n) is 9.99. The molecule has 146 valence electrons. The van der Waals surface area contributed by atoms with E-state index in [1.807, 2.05) is 19.9 Å². The molecule has 0 radical (unpaired) electrons. The Morgan fingerprint density at radius 1 is 1.26 bits per heavy atom. The van der Waals surface area contributed by atoms with Gasteiger partial charge in [0.05, 0.1) is 6.10 Å². The number of carbonyl (C=O) groups is 3. The summed E-state index contributed by atoms with van der Waals surface area (Å²) in [7, 11) is 0. The van der Waals surface area contributed by atoms with Gasteiger partial charge in [0.25, 0.3) is 0 Å². The zero-order valence-electron chi connectivity index (χ0n) is 16.1. The van der Waals surface area contributed by atoms with Gasteiger partial charge in [0, 0.05) is 17.3 Å². The van der Waals surface area contributed by atoms with Crippen molar-refractivity contribution in [1.82, 2.24) is 0 Å². The van der Waals surface area contributed by atoms with Crippen LogP contribution in [0.4, 0.5) is 0 Å². The van der Waals surface area contributed by atoms with Crippen molar-refractivity contribution in [3.63, 3.8) is 0 Å². The van der Waals surface area contributed by atoms with Gasteiger partial charge in [0.1, 0.15) is 0 Å². The number of allylic oxidation sites excluding steroid dienone is 4. The summed E-state index contributed by atoms with van der Waals surface area (Å²) in [4.78, 5) is 35.7. The molecule has 8 atom stereocenters. The van der Waals surface area contributed by atoms with E-state index in [-0.39, 0.29) is 34.9 Å². The Balaban J connectivity index is 1.74. The molecule has 0 aromatic heterocycles. The number of fused-ring (bicyclic) bond motifs is 5. The third kappa shape index (κ3) is 2.43. The second-order valence-corrected chi connectivity index (χ2v) is 9.66. The van der Waals surface area contributed by atoms with Crippen LogP contribution in [0.15, 0.2) is 23.8 Å². The highest BCUT2D eigenvalue weighted by molar-refractivity contribution is 6.33. The molecule has 0 amide bonds. The van der Waals surface area contributed by atoms with Gasteiger partial charge in [-0.1, -0.05) is 32.4 Å². The largest absolute Gasteiger partial charge is 0.475 e. The molecule has 27 heavy (non-hydrogen) atoms. The first kappa shape index (κ1) is 18.6. The molecule has 3 saturated carbocycles. The smallest absolute Gasteiger partial charge is 0.372 e. The number of rotatable bonds is 2. The van der Waals surface area contributed by atoms with Crippen LogP contribution < -0.4 is 0 Å². The van der Waals surface area contributed by atoms with Crippen molar-refractivity contribution < 1.29 is 24.6 Å². The zero-order valence-corrected chi connectivity index (χ0v) is 16.1. The first-order valence-corrected chi connectivity index (χ1v) is 9.99. The predicted octanol–water partition coefficient (Wildman–Crippen LogP) is 2.78. The molecule has 0 spiro atoms. The van der Waals surface area contributed by atoms with Crippen LogP contribution in [0.1, 0.15) is 46.5 Å². The Hall–Kier alpha value is -1.75. The third-order valence-electron chi connectivity index (χ3n) is 8.33. The van der Waals surface area contributed by atoms with Crippen molar-refractivity contribution in [1.29, 1.82) is 0 Å². The lowest BCUT2D eigenvalue weighted by Crippen LogP contribution is -2.56. The maximum atomic E-state index is 12.5. The Morgan fingerprint density at radius 3 is 2.63 bits per heavy atom. The molecule has 4 aliphatic carbocycles. The molecule has 0 aromatic carbocycles. The van der Waals surface area contributed by atoms with Gasteiger partial charge in [-0.2, -0.15) is 0 Å². The number of ketones is 2. The van der Waals surface area contributed by atoms with E-state index in [9.17, 15) is 24.6 Å². The minimum absolute atomic E-state index is 0.00257. The van der Waals surface area contributed by atoms with Crippen LogP contribution in [0.3, 0.4) is 0 Å². The van der Waals surface area contributed by atoms with Crippen LogP contribution >= 0.6 is 0 Å². The van der Waals surface area contributed by atoms with Crippen LogP contribution in [0, 0.1) is 40.4 Å². The number of aliphatic hydroxyl groups is 1. The number of aliphatic carboxylic acids is 1. The fraction of sp³-hybridized carbons (Fsp3) is 0.682. The average Bonchev–Trinajstić information content (AvgIpc) is 2.84. The summed E-state index contributed by atoms with van der Waals surface area (Å²) >= 11 is 0. The molecule has 0 aliphatic heterocycles. The molecule has 5 nitrogen and oxygen atoms in total. The molecular formula is C22H28O5. The summed E-state index contributed by atoms with van der Waals surface area (Å²) in [5.74, 6) is -2.13. The summed E-state index contributed by atoms with van der Waals surface area (Å²) in [5.41, 5.74) is 0.278. The number of carbonyl (C=O) groups excluding carboxylic acids is 2. The fourth-order valence-electron chi connectivity index (χ4n) is 7.38. The van der Waals surface area contributed by atoms with E-state index in [0.717, 1.165) is 24.8 Å². The quantitative estimate of drug-likeness (QED) is 0.727. The van der Waals surface area contributed by atoms with Crippen molar-refractivity contribution in [2.24, 2.45) is 40.4 Å². The molecular weight excluding hydrogens is 344 g/mol. The average molecular weight is 372 g/mol. The first-order chi connectivity index (χ1) is 12.6. The van der Waals surface area contributed by atoms with E-state index in [0.29, 0.717) is 6.42 Å². The van der Waals surface area contributed by atoms with Gasteiger partial charge in [-0.25, -0.2) is 4.79 Å². The topological polar surface area (TPSA) is 91.7 Å². The van der Waals surface area contributed by atoms with E-state index >= 15 is 0 Å². The van der Waals surface area contributed by atoms with Crippen LogP contribution in [0.25, 0.3) is 0 Å². The van der Waals surface area contributed by atoms with E-state index in [4.69, 9.17) is 0 Å². The van der Waals surface area contributed by atoms with Gasteiger partial charge in [-0.3, -0.25) is 9.59 Å². The maximum Gasteiger partial charge on any atom is 0.372 e. The highest BCUT2D eigenvalue weighted by Crippen LogP contribution is 2.67.